The molecule has 5 aromatic rings. The zero-order valence-corrected chi connectivity index (χ0v) is 19.1. The standard InChI is InChI=1S/C26H23N5O3/c1-16-8-12-20(13-9-16)34-25-24-29-30(15-23(32)27-19-11-10-17(2)18(3)14-19)26(33)31(24)22-7-5-4-6-21(22)28-25/h4-14H,15H2,1-3H3,(H,27,32). The van der Waals surface area contributed by atoms with Crippen LogP contribution in [0.1, 0.15) is 16.7 Å². The third-order valence-corrected chi connectivity index (χ3v) is 5.69. The molecule has 0 bridgehead atoms. The lowest BCUT2D eigenvalue weighted by Crippen LogP contribution is -2.28. The predicted octanol–water partition coefficient (Wildman–Crippen LogP) is 4.40. The van der Waals surface area contributed by atoms with Crippen molar-refractivity contribution < 1.29 is 9.53 Å². The summed E-state index contributed by atoms with van der Waals surface area (Å²) in [4.78, 5) is 30.6. The van der Waals surface area contributed by atoms with Crippen LogP contribution in [0.15, 0.2) is 71.5 Å². The number of ether oxygens (including phenoxy) is 1. The number of para-hydroxylation sites is 2. The Kier molecular flexibility index (Phi) is 5.33. The molecule has 34 heavy (non-hydrogen) atoms. The Balaban J connectivity index is 1.54. The normalized spacial score (nSPS) is 11.1. The van der Waals surface area contributed by atoms with Gasteiger partial charge in [0.25, 0.3) is 5.88 Å². The van der Waals surface area contributed by atoms with E-state index in [4.69, 9.17) is 4.74 Å². The SMILES string of the molecule is Cc1ccc(Oc2nc3ccccc3n3c(=O)n(CC(=O)Nc4ccc(C)c(C)c4)nc23)cc1. The van der Waals surface area contributed by atoms with Crippen LogP contribution in [-0.2, 0) is 11.3 Å². The van der Waals surface area contributed by atoms with Crippen LogP contribution >= 0.6 is 0 Å². The fourth-order valence-corrected chi connectivity index (χ4v) is 3.72. The highest BCUT2D eigenvalue weighted by Crippen LogP contribution is 2.26. The number of carbonyl (C=O) groups excluding carboxylic acids is 1. The van der Waals surface area contributed by atoms with Crippen LogP contribution in [0, 0.1) is 20.8 Å². The van der Waals surface area contributed by atoms with Crippen molar-refractivity contribution >= 4 is 28.3 Å². The van der Waals surface area contributed by atoms with E-state index >= 15 is 0 Å². The maximum atomic E-state index is 13.3. The number of benzene rings is 3. The van der Waals surface area contributed by atoms with Gasteiger partial charge >= 0.3 is 5.69 Å². The average Bonchev–Trinajstić information content (AvgIpc) is 3.14. The fourth-order valence-electron chi connectivity index (χ4n) is 3.72. The van der Waals surface area contributed by atoms with Crippen molar-refractivity contribution in [2.45, 2.75) is 27.3 Å². The topological polar surface area (TPSA) is 90.5 Å². The van der Waals surface area contributed by atoms with E-state index in [-0.39, 0.29) is 24.0 Å². The summed E-state index contributed by atoms with van der Waals surface area (Å²) in [6.07, 6.45) is 0. The van der Waals surface area contributed by atoms with Gasteiger partial charge in [0.15, 0.2) is 0 Å². The smallest absolute Gasteiger partial charge is 0.351 e. The molecule has 1 N–H and O–H groups in total. The Labute approximate surface area is 195 Å². The highest BCUT2D eigenvalue weighted by atomic mass is 16.5. The van der Waals surface area contributed by atoms with Crippen LogP contribution in [0.2, 0.25) is 0 Å². The second kappa shape index (κ2) is 8.47. The van der Waals surface area contributed by atoms with Gasteiger partial charge in [0, 0.05) is 5.69 Å². The van der Waals surface area contributed by atoms with Crippen LogP contribution < -0.4 is 15.7 Å². The lowest BCUT2D eigenvalue weighted by molar-refractivity contribution is -0.117. The van der Waals surface area contributed by atoms with Gasteiger partial charge in [0.1, 0.15) is 12.3 Å². The molecular formula is C26H23N5O3. The molecule has 0 unspecified atom stereocenters. The molecule has 5 rings (SSSR count). The molecule has 0 aliphatic carbocycles. The monoisotopic (exact) mass is 453 g/mol. The molecule has 1 amide bonds. The Hall–Kier alpha value is -4.46. The van der Waals surface area contributed by atoms with Gasteiger partial charge in [-0.2, -0.15) is 0 Å². The lowest BCUT2D eigenvalue weighted by Gasteiger charge is -2.08. The zero-order chi connectivity index (χ0) is 23.8. The number of aryl methyl sites for hydroxylation is 3. The maximum Gasteiger partial charge on any atom is 0.351 e. The second-order valence-corrected chi connectivity index (χ2v) is 8.27. The van der Waals surface area contributed by atoms with Gasteiger partial charge in [-0.3, -0.25) is 4.79 Å². The van der Waals surface area contributed by atoms with Crippen LogP contribution in [0.25, 0.3) is 16.7 Å². The summed E-state index contributed by atoms with van der Waals surface area (Å²) in [5.74, 6) is 0.407. The molecule has 0 fully saturated rings. The first-order valence-corrected chi connectivity index (χ1v) is 10.9. The third-order valence-electron chi connectivity index (χ3n) is 5.69. The van der Waals surface area contributed by atoms with Crippen molar-refractivity contribution in [3.63, 3.8) is 0 Å². The minimum absolute atomic E-state index is 0.188. The van der Waals surface area contributed by atoms with Gasteiger partial charge in [-0.25, -0.2) is 18.9 Å². The number of aromatic nitrogens is 4. The molecule has 3 aromatic carbocycles. The molecular weight excluding hydrogens is 430 g/mol. The first-order chi connectivity index (χ1) is 16.4. The Morgan fingerprint density at radius 3 is 2.50 bits per heavy atom. The number of anilines is 1. The summed E-state index contributed by atoms with van der Waals surface area (Å²) in [5, 5.41) is 7.24. The number of fused-ring (bicyclic) bond motifs is 3. The van der Waals surface area contributed by atoms with E-state index in [9.17, 15) is 9.59 Å². The van der Waals surface area contributed by atoms with E-state index < -0.39 is 5.69 Å². The number of carbonyl (C=O) groups is 1. The minimum Gasteiger partial charge on any atom is -0.436 e. The molecule has 2 aromatic heterocycles. The van der Waals surface area contributed by atoms with Crippen LogP contribution in [-0.4, -0.2) is 25.1 Å². The van der Waals surface area contributed by atoms with Crippen LogP contribution in [0.5, 0.6) is 11.6 Å². The average molecular weight is 454 g/mol. The van der Waals surface area contributed by atoms with Gasteiger partial charge in [0.05, 0.1) is 11.0 Å². The molecule has 170 valence electrons. The van der Waals surface area contributed by atoms with Crippen molar-refractivity contribution in [1.29, 1.82) is 0 Å². The largest absolute Gasteiger partial charge is 0.436 e. The van der Waals surface area contributed by atoms with E-state index in [1.807, 2.05) is 75.4 Å². The number of hydrogen-bond acceptors (Lipinski definition) is 5. The molecule has 0 saturated carbocycles. The molecule has 0 spiro atoms. The maximum absolute atomic E-state index is 13.3. The molecule has 8 nitrogen and oxygen atoms in total. The van der Waals surface area contributed by atoms with E-state index in [2.05, 4.69) is 15.4 Å². The number of rotatable bonds is 5. The Morgan fingerprint density at radius 1 is 0.971 bits per heavy atom. The van der Waals surface area contributed by atoms with Crippen LogP contribution in [0.4, 0.5) is 5.69 Å². The summed E-state index contributed by atoms with van der Waals surface area (Å²) in [7, 11) is 0. The van der Waals surface area contributed by atoms with Crippen molar-refractivity contribution in [3.05, 3.63) is 93.9 Å². The minimum atomic E-state index is -0.447. The third kappa shape index (κ3) is 4.01. The Bertz CT molecular complexity index is 1600. The highest BCUT2D eigenvalue weighted by molar-refractivity contribution is 5.90. The highest BCUT2D eigenvalue weighted by Gasteiger charge is 2.19. The Morgan fingerprint density at radius 2 is 1.74 bits per heavy atom. The molecule has 0 atom stereocenters. The van der Waals surface area contributed by atoms with E-state index in [1.165, 1.54) is 4.40 Å². The van der Waals surface area contributed by atoms with Crippen molar-refractivity contribution in [2.24, 2.45) is 0 Å². The van der Waals surface area contributed by atoms with Crippen molar-refractivity contribution in [1.82, 2.24) is 19.2 Å². The van der Waals surface area contributed by atoms with Crippen molar-refractivity contribution in [2.75, 3.05) is 5.32 Å². The van der Waals surface area contributed by atoms with Gasteiger partial charge in [-0.1, -0.05) is 35.9 Å². The van der Waals surface area contributed by atoms with E-state index in [1.54, 1.807) is 12.1 Å². The molecule has 2 heterocycles. The number of nitrogens with one attached hydrogen (secondary N) is 1. The van der Waals surface area contributed by atoms with Gasteiger partial charge in [-0.15, -0.1) is 5.10 Å². The lowest BCUT2D eigenvalue weighted by atomic mass is 10.1. The first kappa shape index (κ1) is 21.4. The number of amides is 1. The van der Waals surface area contributed by atoms with Crippen molar-refractivity contribution in [3.8, 4) is 11.6 Å². The summed E-state index contributed by atoms with van der Waals surface area (Å²) in [6.45, 7) is 5.73. The molecule has 0 aliphatic heterocycles. The van der Waals surface area contributed by atoms with Gasteiger partial charge in [-0.05, 0) is 68.3 Å². The van der Waals surface area contributed by atoms with Gasteiger partial charge < -0.3 is 10.1 Å². The predicted molar refractivity (Wildman–Crippen MR) is 131 cm³/mol. The number of hydrogen-bond donors (Lipinski definition) is 1. The summed E-state index contributed by atoms with van der Waals surface area (Å²) >= 11 is 0. The molecule has 0 radical (unpaired) electrons. The van der Waals surface area contributed by atoms with Gasteiger partial charge in [0.2, 0.25) is 11.6 Å². The molecule has 8 heteroatoms. The molecule has 0 aliphatic rings. The summed E-state index contributed by atoms with van der Waals surface area (Å²) in [6, 6.07) is 20.4. The second-order valence-electron chi connectivity index (χ2n) is 8.27. The quantitative estimate of drug-likeness (QED) is 0.426. The van der Waals surface area contributed by atoms with Crippen LogP contribution in [0.3, 0.4) is 0 Å². The summed E-state index contributed by atoms with van der Waals surface area (Å²) in [5.41, 5.74) is 4.92. The van der Waals surface area contributed by atoms with E-state index in [0.29, 0.717) is 22.5 Å². The summed E-state index contributed by atoms with van der Waals surface area (Å²) < 4.78 is 8.55. The fraction of sp³-hybridized carbons (Fsp3) is 0.154. The van der Waals surface area contributed by atoms with E-state index in [0.717, 1.165) is 21.4 Å². The zero-order valence-electron chi connectivity index (χ0n) is 19.1. The molecule has 0 saturated heterocycles. The number of nitrogens with zero attached hydrogens (tertiary/aromatic N) is 4. The first-order valence-electron chi connectivity index (χ1n) is 10.9.